The first-order chi connectivity index (χ1) is 6.11. The normalized spacial score (nSPS) is 23.0. The van der Waals surface area contributed by atoms with Gasteiger partial charge in [0.1, 0.15) is 0 Å². The maximum absolute atomic E-state index is 11.5. The van der Waals surface area contributed by atoms with E-state index >= 15 is 0 Å². The topological polar surface area (TPSA) is 67.2 Å². The Morgan fingerprint density at radius 1 is 1.57 bits per heavy atom. The molecule has 4 N–H and O–H groups in total. The van der Waals surface area contributed by atoms with Gasteiger partial charge in [0, 0.05) is 12.6 Å². The van der Waals surface area contributed by atoms with Crippen LogP contribution in [0.3, 0.4) is 0 Å². The van der Waals surface area contributed by atoms with Gasteiger partial charge in [-0.15, -0.1) is 12.4 Å². The number of hydrogen-bond acceptors (Lipinski definition) is 3. The zero-order valence-corrected chi connectivity index (χ0v) is 9.56. The van der Waals surface area contributed by atoms with Crippen LogP contribution in [-0.2, 0) is 4.79 Å². The third-order valence-electron chi connectivity index (χ3n) is 2.43. The van der Waals surface area contributed by atoms with Crippen LogP contribution >= 0.6 is 12.4 Å². The summed E-state index contributed by atoms with van der Waals surface area (Å²) in [4.78, 5) is 11.5. The molecular weight excluding hydrogens is 202 g/mol. The van der Waals surface area contributed by atoms with E-state index in [1.807, 2.05) is 13.8 Å². The highest BCUT2D eigenvalue weighted by molar-refractivity contribution is 5.85. The maximum atomic E-state index is 11.5. The average molecular weight is 222 g/mol. The molecule has 1 amide bonds. The fourth-order valence-electron chi connectivity index (χ4n) is 1.38. The monoisotopic (exact) mass is 221 g/mol. The quantitative estimate of drug-likeness (QED) is 0.622. The Labute approximate surface area is 91.4 Å². The van der Waals surface area contributed by atoms with Crippen LogP contribution in [0.4, 0.5) is 0 Å². The highest BCUT2D eigenvalue weighted by Crippen LogP contribution is 2.01. The van der Waals surface area contributed by atoms with Crippen molar-refractivity contribution in [1.82, 2.24) is 10.6 Å². The van der Waals surface area contributed by atoms with Gasteiger partial charge in [-0.1, -0.05) is 13.8 Å². The molecule has 1 aliphatic heterocycles. The zero-order chi connectivity index (χ0) is 9.84. The van der Waals surface area contributed by atoms with Gasteiger partial charge in [-0.25, -0.2) is 0 Å². The van der Waals surface area contributed by atoms with E-state index in [1.165, 1.54) is 0 Å². The van der Waals surface area contributed by atoms with E-state index in [0.29, 0.717) is 0 Å². The number of nitrogens with one attached hydrogen (secondary N) is 2. The molecule has 1 heterocycles. The number of carbonyl (C=O) groups excluding carboxylic acids is 1. The number of carbonyl (C=O) groups is 1. The molecule has 5 heteroatoms. The second-order valence-electron chi connectivity index (χ2n) is 3.97. The van der Waals surface area contributed by atoms with Gasteiger partial charge < -0.3 is 16.4 Å². The van der Waals surface area contributed by atoms with Crippen LogP contribution in [0.15, 0.2) is 0 Å². The van der Waals surface area contributed by atoms with Crippen molar-refractivity contribution in [2.24, 2.45) is 11.7 Å². The number of nitrogens with two attached hydrogens (primary N) is 1. The van der Waals surface area contributed by atoms with Gasteiger partial charge in [0.2, 0.25) is 5.91 Å². The summed E-state index contributed by atoms with van der Waals surface area (Å²) < 4.78 is 0. The van der Waals surface area contributed by atoms with Crippen molar-refractivity contribution in [3.8, 4) is 0 Å². The molecule has 1 unspecified atom stereocenters. The second-order valence-corrected chi connectivity index (χ2v) is 3.97. The lowest BCUT2D eigenvalue weighted by Gasteiger charge is -2.18. The Morgan fingerprint density at radius 2 is 2.21 bits per heavy atom. The molecule has 0 spiro atoms. The highest BCUT2D eigenvalue weighted by Gasteiger charge is 2.22. The van der Waals surface area contributed by atoms with Gasteiger partial charge in [0.25, 0.3) is 0 Å². The SMILES string of the molecule is CC(C)[C@@H](N)C(=O)NC1CCNC1.Cl. The zero-order valence-electron chi connectivity index (χ0n) is 8.75. The van der Waals surface area contributed by atoms with E-state index < -0.39 is 0 Å². The Morgan fingerprint density at radius 3 is 2.64 bits per heavy atom. The van der Waals surface area contributed by atoms with Gasteiger partial charge in [-0.05, 0) is 18.9 Å². The maximum Gasteiger partial charge on any atom is 0.237 e. The third-order valence-corrected chi connectivity index (χ3v) is 2.43. The smallest absolute Gasteiger partial charge is 0.237 e. The first-order valence-electron chi connectivity index (χ1n) is 4.88. The molecule has 0 aromatic carbocycles. The van der Waals surface area contributed by atoms with E-state index in [0.717, 1.165) is 19.5 Å². The molecule has 1 aliphatic rings. The number of rotatable bonds is 3. The first kappa shape index (κ1) is 13.7. The van der Waals surface area contributed by atoms with Crippen molar-refractivity contribution in [3.05, 3.63) is 0 Å². The number of amides is 1. The Kier molecular flexibility index (Phi) is 6.08. The third kappa shape index (κ3) is 3.82. The first-order valence-corrected chi connectivity index (χ1v) is 4.88. The molecular formula is C9H20ClN3O. The lowest BCUT2D eigenvalue weighted by Crippen LogP contribution is -2.48. The molecule has 1 saturated heterocycles. The molecule has 4 nitrogen and oxygen atoms in total. The van der Waals surface area contributed by atoms with E-state index in [-0.39, 0.29) is 36.3 Å². The molecule has 84 valence electrons. The molecule has 2 atom stereocenters. The van der Waals surface area contributed by atoms with Gasteiger partial charge in [0.15, 0.2) is 0 Å². The molecule has 0 radical (unpaired) electrons. The molecule has 1 rings (SSSR count). The second kappa shape index (κ2) is 6.22. The molecule has 0 aromatic rings. The van der Waals surface area contributed by atoms with E-state index in [9.17, 15) is 4.79 Å². The number of halogens is 1. The van der Waals surface area contributed by atoms with Gasteiger partial charge in [-0.3, -0.25) is 4.79 Å². The van der Waals surface area contributed by atoms with Crippen molar-refractivity contribution in [1.29, 1.82) is 0 Å². The Balaban J connectivity index is 0.00000169. The van der Waals surface area contributed by atoms with Crippen LogP contribution in [0.5, 0.6) is 0 Å². The minimum absolute atomic E-state index is 0. The van der Waals surface area contributed by atoms with Crippen LogP contribution in [-0.4, -0.2) is 31.1 Å². The van der Waals surface area contributed by atoms with Crippen molar-refractivity contribution < 1.29 is 4.79 Å². The van der Waals surface area contributed by atoms with Gasteiger partial charge >= 0.3 is 0 Å². The van der Waals surface area contributed by atoms with Crippen molar-refractivity contribution in [2.75, 3.05) is 13.1 Å². The van der Waals surface area contributed by atoms with Crippen molar-refractivity contribution >= 4 is 18.3 Å². The molecule has 0 aromatic heterocycles. The standard InChI is InChI=1S/C9H19N3O.ClH/c1-6(2)8(10)9(13)12-7-3-4-11-5-7;/h6-8,11H,3-5,10H2,1-2H3,(H,12,13);1H/t7?,8-;/m1./s1. The summed E-state index contributed by atoms with van der Waals surface area (Å²) in [6, 6.07) is -0.0992. The molecule has 14 heavy (non-hydrogen) atoms. The predicted octanol–water partition coefficient (Wildman–Crippen LogP) is -0.130. The minimum atomic E-state index is -0.374. The Bertz CT molecular complexity index is 181. The highest BCUT2D eigenvalue weighted by atomic mass is 35.5. The summed E-state index contributed by atoms with van der Waals surface area (Å²) in [5.41, 5.74) is 5.71. The lowest BCUT2D eigenvalue weighted by atomic mass is 10.0. The fraction of sp³-hybridized carbons (Fsp3) is 0.889. The van der Waals surface area contributed by atoms with Crippen LogP contribution in [0.25, 0.3) is 0 Å². The molecule has 0 saturated carbocycles. The van der Waals surface area contributed by atoms with E-state index in [2.05, 4.69) is 10.6 Å². The predicted molar refractivity (Wildman–Crippen MR) is 59.5 cm³/mol. The summed E-state index contributed by atoms with van der Waals surface area (Å²) in [5.74, 6) is 0.179. The van der Waals surface area contributed by atoms with Gasteiger partial charge in [-0.2, -0.15) is 0 Å². The summed E-state index contributed by atoms with van der Waals surface area (Å²) in [5, 5.41) is 6.12. The summed E-state index contributed by atoms with van der Waals surface area (Å²) >= 11 is 0. The van der Waals surface area contributed by atoms with E-state index in [4.69, 9.17) is 5.73 Å². The van der Waals surface area contributed by atoms with E-state index in [1.54, 1.807) is 0 Å². The van der Waals surface area contributed by atoms with Gasteiger partial charge in [0.05, 0.1) is 6.04 Å². The summed E-state index contributed by atoms with van der Waals surface area (Å²) in [6.07, 6.45) is 1.01. The summed E-state index contributed by atoms with van der Waals surface area (Å²) in [7, 11) is 0. The molecule has 1 fully saturated rings. The van der Waals surface area contributed by atoms with Crippen LogP contribution in [0.1, 0.15) is 20.3 Å². The lowest BCUT2D eigenvalue weighted by molar-refractivity contribution is -0.123. The van der Waals surface area contributed by atoms with Crippen LogP contribution < -0.4 is 16.4 Å². The summed E-state index contributed by atoms with van der Waals surface area (Å²) in [6.45, 7) is 5.77. The number of hydrogen-bond donors (Lipinski definition) is 3. The van der Waals surface area contributed by atoms with Crippen molar-refractivity contribution in [3.63, 3.8) is 0 Å². The van der Waals surface area contributed by atoms with Crippen LogP contribution in [0.2, 0.25) is 0 Å². The average Bonchev–Trinajstić information content (AvgIpc) is 2.55. The largest absolute Gasteiger partial charge is 0.351 e. The fourth-order valence-corrected chi connectivity index (χ4v) is 1.38. The van der Waals surface area contributed by atoms with Crippen LogP contribution in [0, 0.1) is 5.92 Å². The minimum Gasteiger partial charge on any atom is -0.351 e. The molecule has 0 aliphatic carbocycles. The Hall–Kier alpha value is -0.320. The molecule has 0 bridgehead atoms. The van der Waals surface area contributed by atoms with Crippen molar-refractivity contribution in [2.45, 2.75) is 32.4 Å².